The summed E-state index contributed by atoms with van der Waals surface area (Å²) in [5, 5.41) is 1.06. The second kappa shape index (κ2) is 9.45. The van der Waals surface area contributed by atoms with Crippen LogP contribution in [0, 0.1) is 17.3 Å². The number of nitrogens with two attached hydrogens (primary N) is 1. The minimum atomic E-state index is 0.319. The van der Waals surface area contributed by atoms with Crippen LogP contribution in [0.15, 0.2) is 40.9 Å². The molecule has 1 spiro atoms. The molecule has 0 bridgehead atoms. The average molecular weight is 496 g/mol. The largest absolute Gasteiger partial charge is 0.381 e. The zero-order valence-corrected chi connectivity index (χ0v) is 20.7. The van der Waals surface area contributed by atoms with Gasteiger partial charge in [-0.2, -0.15) is 0 Å². The first-order valence-corrected chi connectivity index (χ1v) is 12.4. The highest BCUT2D eigenvalue weighted by molar-refractivity contribution is 7.99. The molecule has 0 aromatic carbocycles. The molecular formula is C24H26ClN7OS. The van der Waals surface area contributed by atoms with Gasteiger partial charge in [0.15, 0.2) is 5.82 Å². The van der Waals surface area contributed by atoms with Gasteiger partial charge in [0.2, 0.25) is 0 Å². The topological polar surface area (TPSA) is 95.0 Å². The molecule has 2 fully saturated rings. The van der Waals surface area contributed by atoms with Crippen LogP contribution in [0.4, 0.5) is 11.6 Å². The van der Waals surface area contributed by atoms with E-state index in [1.807, 2.05) is 23.9 Å². The van der Waals surface area contributed by atoms with Gasteiger partial charge in [-0.15, -0.1) is 0 Å². The summed E-state index contributed by atoms with van der Waals surface area (Å²) in [6, 6.07) is 1.82. The van der Waals surface area contributed by atoms with E-state index in [0.29, 0.717) is 38.8 Å². The first kappa shape index (κ1) is 23.0. The van der Waals surface area contributed by atoms with Crippen LogP contribution in [0.5, 0.6) is 0 Å². The third-order valence-corrected chi connectivity index (χ3v) is 7.93. The van der Waals surface area contributed by atoms with Crippen LogP contribution in [0.2, 0.25) is 5.02 Å². The zero-order valence-electron chi connectivity index (χ0n) is 19.2. The summed E-state index contributed by atoms with van der Waals surface area (Å²) in [6.45, 7) is 4.90. The molecule has 0 saturated carbocycles. The summed E-state index contributed by atoms with van der Waals surface area (Å²) in [6.07, 6.45) is 10.7. The third kappa shape index (κ3) is 4.85. The van der Waals surface area contributed by atoms with Crippen LogP contribution in [-0.4, -0.2) is 50.3 Å². The molecule has 8 nitrogen and oxygen atoms in total. The molecule has 5 heterocycles. The summed E-state index contributed by atoms with van der Waals surface area (Å²) < 4.78 is 7.67. The molecule has 0 unspecified atom stereocenters. The monoisotopic (exact) mass is 495 g/mol. The Morgan fingerprint density at radius 3 is 2.74 bits per heavy atom. The quantitative estimate of drug-likeness (QED) is 0.548. The van der Waals surface area contributed by atoms with Crippen LogP contribution < -0.4 is 10.6 Å². The van der Waals surface area contributed by atoms with Crippen molar-refractivity contribution >= 4 is 35.0 Å². The molecule has 2 aliphatic rings. The van der Waals surface area contributed by atoms with Crippen molar-refractivity contribution < 1.29 is 4.74 Å². The second-order valence-electron chi connectivity index (χ2n) is 8.98. The first-order valence-electron chi connectivity index (χ1n) is 11.2. The molecular weight excluding hydrogens is 470 g/mol. The Hall–Kier alpha value is -2.80. The lowest BCUT2D eigenvalue weighted by molar-refractivity contribution is 0.0976. The fourth-order valence-electron chi connectivity index (χ4n) is 4.52. The van der Waals surface area contributed by atoms with Crippen molar-refractivity contribution in [2.75, 3.05) is 30.3 Å². The molecule has 2 N–H and O–H groups in total. The maximum absolute atomic E-state index is 6.59. The Kier molecular flexibility index (Phi) is 6.38. The normalized spacial score (nSPS) is 19.3. The van der Waals surface area contributed by atoms with Crippen LogP contribution in [0.3, 0.4) is 0 Å². The molecule has 2 saturated heterocycles. The van der Waals surface area contributed by atoms with Crippen molar-refractivity contribution in [2.24, 2.45) is 12.5 Å². The number of hydrogen-bond acceptors (Lipinski definition) is 8. The highest BCUT2D eigenvalue weighted by Crippen LogP contribution is 2.42. The molecule has 10 heteroatoms. The average Bonchev–Trinajstić information content (AvgIpc) is 3.41. The maximum Gasteiger partial charge on any atom is 0.158 e. The highest BCUT2D eigenvalue weighted by atomic mass is 35.5. The van der Waals surface area contributed by atoms with Crippen LogP contribution in [0.25, 0.3) is 0 Å². The van der Waals surface area contributed by atoms with Crippen molar-refractivity contribution in [3.63, 3.8) is 0 Å². The number of anilines is 2. The Balaban J connectivity index is 1.28. The fraction of sp³-hybridized carbons (Fsp3) is 0.417. The van der Waals surface area contributed by atoms with E-state index in [2.05, 4.69) is 43.6 Å². The lowest BCUT2D eigenvalue weighted by atomic mass is 9.77. The molecule has 2 aliphatic heterocycles. The number of rotatable bonds is 3. The van der Waals surface area contributed by atoms with Gasteiger partial charge < -0.3 is 19.9 Å². The van der Waals surface area contributed by atoms with Crippen molar-refractivity contribution in [1.29, 1.82) is 0 Å². The minimum Gasteiger partial charge on any atom is -0.381 e. The molecule has 34 heavy (non-hydrogen) atoms. The van der Waals surface area contributed by atoms with Gasteiger partial charge in [0, 0.05) is 37.4 Å². The number of ether oxygens (including phenoxy) is 1. The second-order valence-corrected chi connectivity index (χ2v) is 10.4. The van der Waals surface area contributed by atoms with Gasteiger partial charge >= 0.3 is 0 Å². The van der Waals surface area contributed by atoms with E-state index < -0.39 is 0 Å². The van der Waals surface area contributed by atoms with Crippen LogP contribution in [-0.2, 0) is 11.8 Å². The number of aryl methyl sites for hydroxylation is 1. The first-order chi connectivity index (χ1) is 16.4. The number of piperidine rings is 1. The maximum atomic E-state index is 6.59. The van der Waals surface area contributed by atoms with E-state index in [-0.39, 0.29) is 0 Å². The zero-order chi connectivity index (χ0) is 23.7. The smallest absolute Gasteiger partial charge is 0.158 e. The van der Waals surface area contributed by atoms with Crippen molar-refractivity contribution in [1.82, 2.24) is 24.5 Å². The van der Waals surface area contributed by atoms with Crippen LogP contribution in [0.1, 0.15) is 37.6 Å². The standard InChI is InChI=1S/C24H26ClN7OS/c1-16-11-24(14-33-16)6-9-32(10-7-24)20-12-28-23(22(26)30-20)34-19-5-8-27-18(21(19)25)4-3-17-13-31(2)15-29-17/h5,8,12-13,15-16H,6-7,9-11,14H2,1-2H3,(H2,26,30)/t16-/m0/s1. The van der Waals surface area contributed by atoms with Gasteiger partial charge in [-0.05, 0) is 49.5 Å². The molecule has 0 radical (unpaired) electrons. The van der Waals surface area contributed by atoms with Gasteiger partial charge in [-0.25, -0.2) is 19.9 Å². The number of nitrogen functional groups attached to an aromatic ring is 1. The van der Waals surface area contributed by atoms with Crippen molar-refractivity contribution in [2.45, 2.75) is 42.2 Å². The molecule has 0 aliphatic carbocycles. The van der Waals surface area contributed by atoms with Gasteiger partial charge in [-0.3, -0.25) is 0 Å². The lowest BCUT2D eigenvalue weighted by Gasteiger charge is -2.38. The van der Waals surface area contributed by atoms with E-state index in [9.17, 15) is 0 Å². The van der Waals surface area contributed by atoms with Gasteiger partial charge in [0.05, 0.1) is 30.3 Å². The summed E-state index contributed by atoms with van der Waals surface area (Å²) in [5.74, 6) is 7.17. The number of hydrogen-bond donors (Lipinski definition) is 1. The molecule has 3 aromatic rings. The van der Waals surface area contributed by atoms with Gasteiger partial charge in [0.25, 0.3) is 0 Å². The Morgan fingerprint density at radius 1 is 1.24 bits per heavy atom. The van der Waals surface area contributed by atoms with E-state index in [1.165, 1.54) is 11.8 Å². The SMILES string of the molecule is C[C@H]1CC2(CCN(c3cnc(Sc4ccnc(C#Cc5cn(C)cn5)c4Cl)c(N)n3)CC2)CO1. The van der Waals surface area contributed by atoms with E-state index in [1.54, 1.807) is 18.7 Å². The summed E-state index contributed by atoms with van der Waals surface area (Å²) >= 11 is 7.94. The summed E-state index contributed by atoms with van der Waals surface area (Å²) in [7, 11) is 1.89. The predicted octanol–water partition coefficient (Wildman–Crippen LogP) is 3.79. The molecule has 1 atom stereocenters. The Labute approximate surface area is 208 Å². The molecule has 176 valence electrons. The number of aromatic nitrogens is 5. The number of imidazole rings is 1. The van der Waals surface area contributed by atoms with Crippen LogP contribution >= 0.6 is 23.4 Å². The fourth-order valence-corrected chi connectivity index (χ4v) is 5.57. The number of halogens is 1. The lowest BCUT2D eigenvalue weighted by Crippen LogP contribution is -2.41. The number of pyridine rings is 1. The van der Waals surface area contributed by atoms with E-state index >= 15 is 0 Å². The Morgan fingerprint density at radius 2 is 2.06 bits per heavy atom. The number of nitrogens with zero attached hydrogens (tertiary/aromatic N) is 6. The summed E-state index contributed by atoms with van der Waals surface area (Å²) in [4.78, 5) is 20.8. The molecule has 0 amide bonds. The predicted molar refractivity (Wildman–Crippen MR) is 133 cm³/mol. The molecule has 5 rings (SSSR count). The van der Waals surface area contributed by atoms with Crippen molar-refractivity contribution in [3.05, 3.63) is 47.4 Å². The highest BCUT2D eigenvalue weighted by Gasteiger charge is 2.41. The third-order valence-electron chi connectivity index (χ3n) is 6.37. The summed E-state index contributed by atoms with van der Waals surface area (Å²) in [5.41, 5.74) is 7.75. The minimum absolute atomic E-state index is 0.319. The van der Waals surface area contributed by atoms with E-state index in [0.717, 1.165) is 49.7 Å². The van der Waals surface area contributed by atoms with E-state index in [4.69, 9.17) is 22.1 Å². The van der Waals surface area contributed by atoms with Crippen molar-refractivity contribution in [3.8, 4) is 11.8 Å². The van der Waals surface area contributed by atoms with Gasteiger partial charge in [0.1, 0.15) is 22.2 Å². The molecule has 3 aromatic heterocycles. The Bertz CT molecular complexity index is 1260. The van der Waals surface area contributed by atoms with Gasteiger partial charge in [-0.1, -0.05) is 23.4 Å².